The first-order valence-corrected chi connectivity index (χ1v) is 11.2. The molecule has 0 aliphatic carbocycles. The Hall–Kier alpha value is -3.63. The molecule has 0 bridgehead atoms. The molecule has 1 saturated heterocycles. The van der Waals surface area contributed by atoms with Gasteiger partial charge in [-0.1, -0.05) is 6.07 Å². The van der Waals surface area contributed by atoms with Crippen molar-refractivity contribution in [2.75, 3.05) is 32.8 Å². The predicted molar refractivity (Wildman–Crippen MR) is 122 cm³/mol. The number of halogens is 1. The van der Waals surface area contributed by atoms with Crippen LogP contribution >= 0.6 is 0 Å². The zero-order valence-electron chi connectivity index (χ0n) is 18.9. The summed E-state index contributed by atoms with van der Waals surface area (Å²) in [7, 11) is 0. The molecule has 1 aromatic heterocycles. The van der Waals surface area contributed by atoms with E-state index in [1.807, 2.05) is 6.92 Å². The van der Waals surface area contributed by atoms with Crippen LogP contribution in [0.5, 0.6) is 0 Å². The van der Waals surface area contributed by atoms with E-state index >= 15 is 0 Å². The summed E-state index contributed by atoms with van der Waals surface area (Å²) < 4.78 is 20.3. The van der Waals surface area contributed by atoms with Crippen molar-refractivity contribution in [2.24, 2.45) is 0 Å². The van der Waals surface area contributed by atoms with Crippen LogP contribution in [0.2, 0.25) is 0 Å². The van der Waals surface area contributed by atoms with Crippen molar-refractivity contribution in [2.45, 2.75) is 19.9 Å². The van der Waals surface area contributed by atoms with Crippen LogP contribution in [0.4, 0.5) is 9.18 Å². The van der Waals surface area contributed by atoms with E-state index in [4.69, 9.17) is 4.74 Å². The van der Waals surface area contributed by atoms with Crippen molar-refractivity contribution in [1.29, 1.82) is 0 Å². The fraction of sp³-hybridized carbons (Fsp3) is 0.333. The van der Waals surface area contributed by atoms with Gasteiger partial charge in [-0.2, -0.15) is 9.78 Å². The second-order valence-electron chi connectivity index (χ2n) is 8.32. The normalized spacial score (nSPS) is 17.0. The molecular weight excluding hydrogens is 441 g/mol. The van der Waals surface area contributed by atoms with Gasteiger partial charge >= 0.3 is 6.09 Å². The molecule has 1 fully saturated rings. The molecule has 3 aromatic rings. The van der Waals surface area contributed by atoms with Gasteiger partial charge in [0.1, 0.15) is 11.5 Å². The van der Waals surface area contributed by atoms with E-state index in [0.29, 0.717) is 33.3 Å². The molecule has 0 radical (unpaired) electrons. The van der Waals surface area contributed by atoms with Gasteiger partial charge in [-0.05, 0) is 37.6 Å². The Kier molecular flexibility index (Phi) is 5.62. The van der Waals surface area contributed by atoms with Crippen molar-refractivity contribution in [3.8, 4) is 11.3 Å². The maximum Gasteiger partial charge on any atom is 0.435 e. The SMILES string of the molecule is CCOC(=O)n1nc(-c2ccc3c(c2C(C)N2CCNCC2)C(=O)NC3=O)c2ccc(F)cc21. The third-order valence-electron chi connectivity index (χ3n) is 6.40. The van der Waals surface area contributed by atoms with Crippen LogP contribution in [-0.4, -0.2) is 65.4 Å². The van der Waals surface area contributed by atoms with Crippen LogP contribution in [0.1, 0.15) is 46.2 Å². The van der Waals surface area contributed by atoms with Gasteiger partial charge in [0, 0.05) is 49.2 Å². The molecule has 2 aromatic carbocycles. The van der Waals surface area contributed by atoms with Gasteiger partial charge in [-0.15, -0.1) is 0 Å². The van der Waals surface area contributed by atoms with Crippen LogP contribution in [0.25, 0.3) is 22.2 Å². The number of rotatable bonds is 4. The molecule has 1 unspecified atom stereocenters. The molecule has 2 aliphatic rings. The molecule has 3 heterocycles. The van der Waals surface area contributed by atoms with Crippen molar-refractivity contribution < 1.29 is 23.5 Å². The Balaban J connectivity index is 1.76. The number of carbonyl (C=O) groups excluding carboxylic acids is 3. The summed E-state index contributed by atoms with van der Waals surface area (Å²) in [5, 5.41) is 10.7. The Morgan fingerprint density at radius 3 is 2.62 bits per heavy atom. The number of carbonyl (C=O) groups is 3. The molecule has 2 N–H and O–H groups in total. The lowest BCUT2D eigenvalue weighted by Crippen LogP contribution is -2.44. The summed E-state index contributed by atoms with van der Waals surface area (Å²) in [6.45, 7) is 6.95. The minimum atomic E-state index is -0.727. The number of piperazine rings is 1. The van der Waals surface area contributed by atoms with Gasteiger partial charge in [0.15, 0.2) is 0 Å². The van der Waals surface area contributed by atoms with E-state index in [0.717, 1.165) is 30.9 Å². The maximum atomic E-state index is 14.1. The standard InChI is InChI=1S/C24H24FN5O4/c1-3-34-24(33)30-18-12-14(25)4-5-15(18)21(28-30)16-6-7-17-20(23(32)27-22(17)31)19(16)13(2)29-10-8-26-9-11-29/h4-7,12-13,26H,3,8-11H2,1-2H3,(H,27,31,32). The second kappa shape index (κ2) is 8.62. The third kappa shape index (κ3) is 3.55. The molecule has 176 valence electrons. The minimum Gasteiger partial charge on any atom is -0.448 e. The van der Waals surface area contributed by atoms with E-state index < -0.39 is 23.7 Å². The average molecular weight is 465 g/mol. The van der Waals surface area contributed by atoms with Crippen LogP contribution < -0.4 is 10.6 Å². The maximum absolute atomic E-state index is 14.1. The number of nitrogens with one attached hydrogen (secondary N) is 2. The summed E-state index contributed by atoms with van der Waals surface area (Å²) in [5.41, 5.74) is 2.56. The molecule has 2 amide bonds. The number of fused-ring (bicyclic) bond motifs is 2. The molecule has 9 nitrogen and oxygen atoms in total. The highest BCUT2D eigenvalue weighted by molar-refractivity contribution is 6.23. The topological polar surface area (TPSA) is 106 Å². The van der Waals surface area contributed by atoms with Crippen LogP contribution in [-0.2, 0) is 4.74 Å². The lowest BCUT2D eigenvalue weighted by molar-refractivity contribution is 0.0878. The zero-order valence-corrected chi connectivity index (χ0v) is 18.9. The van der Waals surface area contributed by atoms with Crippen molar-refractivity contribution in [3.63, 3.8) is 0 Å². The molecule has 10 heteroatoms. The highest BCUT2D eigenvalue weighted by Crippen LogP contribution is 2.39. The molecule has 0 spiro atoms. The fourth-order valence-corrected chi connectivity index (χ4v) is 4.79. The summed E-state index contributed by atoms with van der Waals surface area (Å²) in [4.78, 5) is 40.1. The number of hydrogen-bond donors (Lipinski definition) is 2. The number of hydrogen-bond acceptors (Lipinski definition) is 7. The first-order valence-electron chi connectivity index (χ1n) is 11.2. The Morgan fingerprint density at radius 1 is 1.15 bits per heavy atom. The number of nitrogens with zero attached hydrogens (tertiary/aromatic N) is 3. The summed E-state index contributed by atoms with van der Waals surface area (Å²) in [6, 6.07) is 7.20. The minimum absolute atomic E-state index is 0.136. The second-order valence-corrected chi connectivity index (χ2v) is 8.32. The van der Waals surface area contributed by atoms with E-state index in [1.165, 1.54) is 12.1 Å². The molecule has 0 saturated carbocycles. The lowest BCUT2D eigenvalue weighted by atomic mass is 9.89. The third-order valence-corrected chi connectivity index (χ3v) is 6.40. The summed E-state index contributed by atoms with van der Waals surface area (Å²) in [5.74, 6) is -1.42. The fourth-order valence-electron chi connectivity index (χ4n) is 4.79. The Bertz CT molecular complexity index is 1330. The lowest BCUT2D eigenvalue weighted by Gasteiger charge is -2.34. The highest BCUT2D eigenvalue weighted by Gasteiger charge is 2.35. The highest BCUT2D eigenvalue weighted by atomic mass is 19.1. The quantitative estimate of drug-likeness (QED) is 0.571. The first kappa shape index (κ1) is 22.2. The Labute approximate surface area is 194 Å². The average Bonchev–Trinajstić information content (AvgIpc) is 3.35. The van der Waals surface area contributed by atoms with Crippen LogP contribution in [0.15, 0.2) is 30.3 Å². The van der Waals surface area contributed by atoms with E-state index in [-0.39, 0.29) is 18.2 Å². The Morgan fingerprint density at radius 2 is 1.88 bits per heavy atom. The number of ether oxygens (including phenoxy) is 1. The number of benzene rings is 2. The van der Waals surface area contributed by atoms with Crippen molar-refractivity contribution in [1.82, 2.24) is 25.3 Å². The van der Waals surface area contributed by atoms with E-state index in [1.54, 1.807) is 25.1 Å². The number of imide groups is 1. The molecule has 1 atom stereocenters. The van der Waals surface area contributed by atoms with Crippen molar-refractivity contribution >= 4 is 28.8 Å². The van der Waals surface area contributed by atoms with Crippen molar-refractivity contribution in [3.05, 3.63) is 52.8 Å². The molecule has 34 heavy (non-hydrogen) atoms. The van der Waals surface area contributed by atoms with Gasteiger partial charge in [-0.3, -0.25) is 19.8 Å². The molecule has 2 aliphatic heterocycles. The smallest absolute Gasteiger partial charge is 0.435 e. The van der Waals surface area contributed by atoms with Gasteiger partial charge in [0.25, 0.3) is 11.8 Å². The first-order chi connectivity index (χ1) is 16.4. The number of amides is 2. The van der Waals surface area contributed by atoms with E-state index in [9.17, 15) is 18.8 Å². The molecular formula is C24H24FN5O4. The largest absolute Gasteiger partial charge is 0.448 e. The van der Waals surface area contributed by atoms with Crippen LogP contribution in [0, 0.1) is 5.82 Å². The summed E-state index contributed by atoms with van der Waals surface area (Å²) in [6.07, 6.45) is -0.727. The zero-order chi connectivity index (χ0) is 24.0. The van der Waals surface area contributed by atoms with Gasteiger partial charge < -0.3 is 10.1 Å². The number of aromatic nitrogens is 2. The van der Waals surface area contributed by atoms with Gasteiger partial charge in [-0.25, -0.2) is 9.18 Å². The summed E-state index contributed by atoms with van der Waals surface area (Å²) >= 11 is 0. The van der Waals surface area contributed by atoms with Crippen LogP contribution in [0.3, 0.4) is 0 Å². The predicted octanol–water partition coefficient (Wildman–Crippen LogP) is 2.70. The van der Waals surface area contributed by atoms with Gasteiger partial charge in [0.2, 0.25) is 0 Å². The van der Waals surface area contributed by atoms with Gasteiger partial charge in [0.05, 0.1) is 23.3 Å². The molecule has 5 rings (SSSR count). The monoisotopic (exact) mass is 465 g/mol. The van der Waals surface area contributed by atoms with E-state index in [2.05, 4.69) is 20.6 Å².